The van der Waals surface area contributed by atoms with Gasteiger partial charge in [-0.25, -0.2) is 5.43 Å². The van der Waals surface area contributed by atoms with Gasteiger partial charge < -0.3 is 15.9 Å². The summed E-state index contributed by atoms with van der Waals surface area (Å²) in [5.41, 5.74) is 6.89. The Kier molecular flexibility index (Phi) is 4.10. The lowest BCUT2D eigenvalue weighted by atomic mass is 9.62. The van der Waals surface area contributed by atoms with E-state index in [1.54, 1.807) is 0 Å². The molecule has 0 aromatic carbocycles. The minimum Gasteiger partial charge on any atom is -0.393 e. The van der Waals surface area contributed by atoms with Crippen molar-refractivity contribution in [3.63, 3.8) is 0 Å². The van der Waals surface area contributed by atoms with Crippen molar-refractivity contribution >= 4 is 12.2 Å². The summed E-state index contributed by atoms with van der Waals surface area (Å²) in [7, 11) is 0. The van der Waals surface area contributed by atoms with Gasteiger partial charge >= 0.3 is 0 Å². The van der Waals surface area contributed by atoms with Crippen molar-refractivity contribution < 1.29 is 10.2 Å². The average molecular weight is 268 g/mol. The smallest absolute Gasteiger partial charge is 0.206 e. The number of hydrogen-bond acceptors (Lipinski definition) is 4. The van der Waals surface area contributed by atoms with Gasteiger partial charge in [-0.15, -0.1) is 0 Å². The van der Waals surface area contributed by atoms with Crippen LogP contribution in [0.25, 0.3) is 0 Å². The second-order valence-corrected chi connectivity index (χ2v) is 6.12. The average Bonchev–Trinajstić information content (AvgIpc) is 2.37. The largest absolute Gasteiger partial charge is 0.393 e. The van der Waals surface area contributed by atoms with Gasteiger partial charge in [-0.05, 0) is 56.8 Å². The molecule has 0 radical (unpaired) electrons. The SMILES string of the molecule is N=C(N)NN=CC1(O)CCC2(CCC(O)CC2)CC1. The maximum Gasteiger partial charge on any atom is 0.206 e. The normalized spacial score (nSPS) is 39.6. The van der Waals surface area contributed by atoms with Crippen LogP contribution >= 0.6 is 0 Å². The predicted molar refractivity (Wildman–Crippen MR) is 73.9 cm³/mol. The standard InChI is InChI=1S/C13H24N4O2/c14-11(15)17-16-9-13(19)7-5-12(6-8-13)3-1-10(18)2-4-12/h9-10,18-19H,1-8H2,(H4,14,15,17). The van der Waals surface area contributed by atoms with Gasteiger partial charge in [0.05, 0.1) is 12.3 Å². The molecule has 108 valence electrons. The fourth-order valence-electron chi connectivity index (χ4n) is 3.28. The molecule has 2 fully saturated rings. The first kappa shape index (κ1) is 14.3. The molecule has 1 spiro atoms. The van der Waals surface area contributed by atoms with Crippen LogP contribution in [0.15, 0.2) is 5.10 Å². The summed E-state index contributed by atoms with van der Waals surface area (Å²) in [5, 5.41) is 30.8. The van der Waals surface area contributed by atoms with Crippen LogP contribution in [0.1, 0.15) is 51.4 Å². The minimum absolute atomic E-state index is 0.132. The molecule has 2 aliphatic carbocycles. The molecule has 0 saturated heterocycles. The monoisotopic (exact) mass is 268 g/mol. The first-order valence-electron chi connectivity index (χ1n) is 6.98. The van der Waals surface area contributed by atoms with Crippen LogP contribution in [-0.4, -0.2) is 34.1 Å². The number of rotatable bonds is 2. The third kappa shape index (κ3) is 3.67. The number of nitrogens with zero attached hydrogens (tertiary/aromatic N) is 1. The number of aliphatic hydroxyl groups is 2. The Morgan fingerprint density at radius 1 is 1.21 bits per heavy atom. The number of hydrogen-bond donors (Lipinski definition) is 5. The summed E-state index contributed by atoms with van der Waals surface area (Å²) in [6, 6.07) is 0. The molecule has 0 unspecified atom stereocenters. The summed E-state index contributed by atoms with van der Waals surface area (Å²) >= 11 is 0. The molecular formula is C13H24N4O2. The Balaban J connectivity index is 1.87. The van der Waals surface area contributed by atoms with Gasteiger partial charge in [0.15, 0.2) is 0 Å². The van der Waals surface area contributed by atoms with Crippen molar-refractivity contribution in [1.29, 1.82) is 5.41 Å². The molecule has 6 nitrogen and oxygen atoms in total. The maximum absolute atomic E-state index is 10.4. The van der Waals surface area contributed by atoms with Crippen LogP contribution in [0.2, 0.25) is 0 Å². The molecular weight excluding hydrogens is 244 g/mol. The highest BCUT2D eigenvalue weighted by atomic mass is 16.3. The lowest BCUT2D eigenvalue weighted by molar-refractivity contribution is -0.0163. The topological polar surface area (TPSA) is 115 Å². The predicted octanol–water partition coefficient (Wildman–Crippen LogP) is 0.682. The van der Waals surface area contributed by atoms with E-state index in [0.29, 0.717) is 18.3 Å². The fourth-order valence-corrected chi connectivity index (χ4v) is 3.28. The van der Waals surface area contributed by atoms with Crippen LogP contribution in [0.3, 0.4) is 0 Å². The Labute approximate surface area is 113 Å². The molecule has 19 heavy (non-hydrogen) atoms. The van der Waals surface area contributed by atoms with Crippen molar-refractivity contribution in [1.82, 2.24) is 5.43 Å². The lowest BCUT2D eigenvalue weighted by Gasteiger charge is -2.46. The second kappa shape index (κ2) is 5.46. The number of guanidine groups is 1. The summed E-state index contributed by atoms with van der Waals surface area (Å²) in [6.07, 6.45) is 8.56. The van der Waals surface area contributed by atoms with Crippen LogP contribution in [0.5, 0.6) is 0 Å². The van der Waals surface area contributed by atoms with E-state index in [2.05, 4.69) is 10.5 Å². The molecule has 2 aliphatic rings. The van der Waals surface area contributed by atoms with E-state index < -0.39 is 5.60 Å². The maximum atomic E-state index is 10.4. The van der Waals surface area contributed by atoms with Crippen molar-refractivity contribution in [2.75, 3.05) is 0 Å². The summed E-state index contributed by atoms with van der Waals surface area (Å²) in [6.45, 7) is 0. The van der Waals surface area contributed by atoms with Crippen LogP contribution in [0, 0.1) is 10.8 Å². The molecule has 0 heterocycles. The summed E-state index contributed by atoms with van der Waals surface area (Å²) < 4.78 is 0. The van der Waals surface area contributed by atoms with E-state index in [4.69, 9.17) is 11.1 Å². The number of aliphatic hydroxyl groups excluding tert-OH is 1. The molecule has 0 aromatic rings. The van der Waals surface area contributed by atoms with Gasteiger partial charge in [0, 0.05) is 0 Å². The summed E-state index contributed by atoms with van der Waals surface area (Å²) in [5.74, 6) is -0.228. The summed E-state index contributed by atoms with van der Waals surface area (Å²) in [4.78, 5) is 0. The molecule has 6 heteroatoms. The van der Waals surface area contributed by atoms with Crippen LogP contribution < -0.4 is 11.2 Å². The van der Waals surface area contributed by atoms with E-state index in [-0.39, 0.29) is 12.1 Å². The third-order valence-electron chi connectivity index (χ3n) is 4.68. The van der Waals surface area contributed by atoms with Crippen LogP contribution in [0.4, 0.5) is 0 Å². The number of nitrogens with two attached hydrogens (primary N) is 1. The van der Waals surface area contributed by atoms with E-state index in [9.17, 15) is 10.2 Å². The molecule has 2 rings (SSSR count). The van der Waals surface area contributed by atoms with Crippen LogP contribution in [-0.2, 0) is 0 Å². The van der Waals surface area contributed by atoms with Gasteiger partial charge in [-0.1, -0.05) is 0 Å². The van der Waals surface area contributed by atoms with Gasteiger partial charge in [0.25, 0.3) is 0 Å². The Bertz CT molecular complexity index is 352. The molecule has 0 amide bonds. The van der Waals surface area contributed by atoms with Crippen molar-refractivity contribution in [3.8, 4) is 0 Å². The first-order valence-corrected chi connectivity index (χ1v) is 6.98. The quantitative estimate of drug-likeness (QED) is 0.288. The zero-order valence-corrected chi connectivity index (χ0v) is 11.2. The minimum atomic E-state index is -0.885. The third-order valence-corrected chi connectivity index (χ3v) is 4.68. The Morgan fingerprint density at radius 2 is 1.79 bits per heavy atom. The van der Waals surface area contributed by atoms with E-state index in [0.717, 1.165) is 38.5 Å². The lowest BCUT2D eigenvalue weighted by Crippen LogP contribution is -2.43. The first-order chi connectivity index (χ1) is 8.93. The van der Waals surface area contributed by atoms with Crippen molar-refractivity contribution in [2.24, 2.45) is 16.3 Å². The van der Waals surface area contributed by atoms with E-state index in [1.807, 2.05) is 0 Å². The van der Waals surface area contributed by atoms with Crippen molar-refractivity contribution in [3.05, 3.63) is 0 Å². The molecule has 0 aliphatic heterocycles. The zero-order valence-electron chi connectivity index (χ0n) is 11.2. The van der Waals surface area contributed by atoms with Gasteiger partial charge in [-0.2, -0.15) is 5.10 Å². The van der Waals surface area contributed by atoms with Gasteiger partial charge in [0.1, 0.15) is 5.60 Å². The number of hydrazone groups is 1. The number of nitrogens with one attached hydrogen (secondary N) is 2. The zero-order chi connectivity index (χ0) is 13.9. The van der Waals surface area contributed by atoms with Crippen molar-refractivity contribution in [2.45, 2.75) is 63.1 Å². The Morgan fingerprint density at radius 3 is 2.32 bits per heavy atom. The van der Waals surface area contributed by atoms with E-state index in [1.165, 1.54) is 6.21 Å². The molecule has 0 atom stereocenters. The highest BCUT2D eigenvalue weighted by Gasteiger charge is 2.42. The molecule has 6 N–H and O–H groups in total. The van der Waals surface area contributed by atoms with E-state index >= 15 is 0 Å². The highest BCUT2D eigenvalue weighted by Crippen LogP contribution is 2.49. The molecule has 2 saturated carbocycles. The highest BCUT2D eigenvalue weighted by molar-refractivity contribution is 5.76. The Hall–Kier alpha value is -1.14. The van der Waals surface area contributed by atoms with Gasteiger partial charge in [-0.3, -0.25) is 5.41 Å². The fraction of sp³-hybridized carbons (Fsp3) is 0.846. The molecule has 0 aromatic heterocycles. The van der Waals surface area contributed by atoms with Gasteiger partial charge in [0.2, 0.25) is 5.96 Å². The second-order valence-electron chi connectivity index (χ2n) is 6.12. The molecule has 0 bridgehead atoms.